The SMILES string of the molecule is CCCCCOc1ccc2c(sc3c(F)c(OCC4CCC(CC)CC4)ccc32)c1F. The lowest BCUT2D eigenvalue weighted by atomic mass is 9.81. The number of rotatable bonds is 9. The van der Waals surface area contributed by atoms with Crippen LogP contribution in [0.3, 0.4) is 0 Å². The van der Waals surface area contributed by atoms with Crippen molar-refractivity contribution in [1.82, 2.24) is 0 Å². The minimum absolute atomic E-state index is 0.245. The molecule has 1 fully saturated rings. The molecule has 168 valence electrons. The number of unbranched alkanes of at least 4 members (excludes halogenated alkanes) is 2. The van der Waals surface area contributed by atoms with Gasteiger partial charge in [-0.25, -0.2) is 8.78 Å². The van der Waals surface area contributed by atoms with E-state index in [2.05, 4.69) is 13.8 Å². The zero-order chi connectivity index (χ0) is 21.8. The van der Waals surface area contributed by atoms with Gasteiger partial charge in [0.1, 0.15) is 0 Å². The molecule has 2 nitrogen and oxygen atoms in total. The van der Waals surface area contributed by atoms with Crippen LogP contribution >= 0.6 is 11.3 Å². The van der Waals surface area contributed by atoms with Gasteiger partial charge in [0.15, 0.2) is 23.1 Å². The molecule has 5 heteroatoms. The van der Waals surface area contributed by atoms with E-state index in [4.69, 9.17) is 9.47 Å². The number of benzene rings is 2. The predicted molar refractivity (Wildman–Crippen MR) is 126 cm³/mol. The molecule has 3 aromatic rings. The normalized spacial score (nSPS) is 19.2. The molecule has 1 aliphatic carbocycles. The van der Waals surface area contributed by atoms with Crippen molar-refractivity contribution in [2.75, 3.05) is 13.2 Å². The van der Waals surface area contributed by atoms with Crippen molar-refractivity contribution in [2.24, 2.45) is 11.8 Å². The van der Waals surface area contributed by atoms with E-state index in [0.717, 1.165) is 60.1 Å². The third-order valence-corrected chi connectivity index (χ3v) is 7.85. The summed E-state index contributed by atoms with van der Waals surface area (Å²) in [5.41, 5.74) is 0. The third kappa shape index (κ3) is 4.82. The lowest BCUT2D eigenvalue weighted by molar-refractivity contribution is 0.177. The van der Waals surface area contributed by atoms with Crippen LogP contribution in [0.5, 0.6) is 11.5 Å². The van der Waals surface area contributed by atoms with E-state index in [1.807, 2.05) is 12.1 Å². The van der Waals surface area contributed by atoms with E-state index >= 15 is 8.78 Å². The second-order valence-electron chi connectivity index (χ2n) is 8.77. The minimum atomic E-state index is -0.398. The Balaban J connectivity index is 1.51. The van der Waals surface area contributed by atoms with E-state index in [1.54, 1.807) is 12.1 Å². The summed E-state index contributed by atoms with van der Waals surface area (Å²) in [6.07, 6.45) is 9.07. The van der Waals surface area contributed by atoms with Crippen LogP contribution in [0.1, 0.15) is 65.2 Å². The van der Waals surface area contributed by atoms with Crippen LogP contribution in [0.15, 0.2) is 24.3 Å². The largest absolute Gasteiger partial charge is 0.490 e. The first-order chi connectivity index (χ1) is 15.1. The Bertz CT molecular complexity index is 1020. The van der Waals surface area contributed by atoms with E-state index in [1.165, 1.54) is 19.3 Å². The van der Waals surface area contributed by atoms with Crippen molar-refractivity contribution in [3.05, 3.63) is 35.9 Å². The van der Waals surface area contributed by atoms with Crippen molar-refractivity contribution in [1.29, 1.82) is 0 Å². The molecule has 2 aromatic carbocycles. The fraction of sp³-hybridized carbons (Fsp3) is 0.538. The highest BCUT2D eigenvalue weighted by molar-refractivity contribution is 7.25. The number of hydrogen-bond acceptors (Lipinski definition) is 3. The summed E-state index contributed by atoms with van der Waals surface area (Å²) in [7, 11) is 0. The van der Waals surface area contributed by atoms with Crippen LogP contribution in [0, 0.1) is 23.5 Å². The van der Waals surface area contributed by atoms with Gasteiger partial charge in [0.2, 0.25) is 0 Å². The summed E-state index contributed by atoms with van der Waals surface area (Å²) in [6, 6.07) is 7.03. The molecule has 0 spiro atoms. The maximum Gasteiger partial charge on any atom is 0.182 e. The van der Waals surface area contributed by atoms with Gasteiger partial charge in [-0.3, -0.25) is 0 Å². The molecule has 0 N–H and O–H groups in total. The Morgan fingerprint density at radius 2 is 1.39 bits per heavy atom. The lowest BCUT2D eigenvalue weighted by Crippen LogP contribution is -2.20. The first-order valence-corrected chi connectivity index (χ1v) is 12.5. The van der Waals surface area contributed by atoms with Gasteiger partial charge in [-0.2, -0.15) is 0 Å². The average Bonchev–Trinajstić information content (AvgIpc) is 3.18. The number of ether oxygens (including phenoxy) is 2. The Morgan fingerprint density at radius 1 is 0.806 bits per heavy atom. The highest BCUT2D eigenvalue weighted by atomic mass is 32.1. The van der Waals surface area contributed by atoms with Crippen LogP contribution in [0.4, 0.5) is 8.78 Å². The second kappa shape index (κ2) is 10.2. The monoisotopic (exact) mass is 446 g/mol. The molecule has 1 heterocycles. The summed E-state index contributed by atoms with van der Waals surface area (Å²) >= 11 is 1.14. The second-order valence-corrected chi connectivity index (χ2v) is 9.79. The smallest absolute Gasteiger partial charge is 0.182 e. The first kappa shape index (κ1) is 22.3. The number of hydrogen-bond donors (Lipinski definition) is 0. The summed E-state index contributed by atoms with van der Waals surface area (Å²) in [5.74, 6) is 1.06. The summed E-state index contributed by atoms with van der Waals surface area (Å²) in [5, 5.41) is 1.45. The molecule has 0 amide bonds. The van der Waals surface area contributed by atoms with E-state index < -0.39 is 5.82 Å². The van der Waals surface area contributed by atoms with Crippen molar-refractivity contribution in [3.8, 4) is 11.5 Å². The Kier molecular flexibility index (Phi) is 7.31. The molecule has 1 aromatic heterocycles. The van der Waals surface area contributed by atoms with Gasteiger partial charge in [0.25, 0.3) is 0 Å². The van der Waals surface area contributed by atoms with Gasteiger partial charge in [0.05, 0.1) is 22.6 Å². The molecule has 0 bridgehead atoms. The molecule has 0 atom stereocenters. The molecule has 4 rings (SSSR count). The molecule has 0 unspecified atom stereocenters. The van der Waals surface area contributed by atoms with Gasteiger partial charge in [-0.05, 0) is 55.4 Å². The van der Waals surface area contributed by atoms with E-state index in [-0.39, 0.29) is 17.3 Å². The topological polar surface area (TPSA) is 18.5 Å². The van der Waals surface area contributed by atoms with Gasteiger partial charge in [-0.1, -0.05) is 46.0 Å². The average molecular weight is 447 g/mol. The zero-order valence-corrected chi connectivity index (χ0v) is 19.3. The Labute approximate surface area is 187 Å². The molecular formula is C26H32F2O2S. The fourth-order valence-electron chi connectivity index (χ4n) is 4.57. The van der Waals surface area contributed by atoms with E-state index in [0.29, 0.717) is 28.5 Å². The molecule has 31 heavy (non-hydrogen) atoms. The number of thiophene rings is 1. The highest BCUT2D eigenvalue weighted by Gasteiger charge is 2.22. The van der Waals surface area contributed by atoms with E-state index in [9.17, 15) is 0 Å². The van der Waals surface area contributed by atoms with Gasteiger partial charge in [0, 0.05) is 10.8 Å². The van der Waals surface area contributed by atoms with Crippen LogP contribution in [-0.4, -0.2) is 13.2 Å². The predicted octanol–water partition coefficient (Wildman–Crippen LogP) is 8.50. The minimum Gasteiger partial charge on any atom is -0.490 e. The zero-order valence-electron chi connectivity index (χ0n) is 18.5. The number of fused-ring (bicyclic) bond motifs is 3. The third-order valence-electron chi connectivity index (χ3n) is 6.64. The summed E-state index contributed by atoms with van der Waals surface area (Å²) in [4.78, 5) is 0. The van der Waals surface area contributed by atoms with Crippen molar-refractivity contribution < 1.29 is 18.3 Å². The Morgan fingerprint density at radius 3 is 1.97 bits per heavy atom. The van der Waals surface area contributed by atoms with Crippen LogP contribution in [-0.2, 0) is 0 Å². The number of halogens is 2. The highest BCUT2D eigenvalue weighted by Crippen LogP contribution is 2.42. The van der Waals surface area contributed by atoms with Gasteiger partial charge < -0.3 is 9.47 Å². The maximum absolute atomic E-state index is 15.2. The Hall–Kier alpha value is -1.88. The molecule has 1 aliphatic rings. The molecule has 0 saturated heterocycles. The van der Waals surface area contributed by atoms with Crippen molar-refractivity contribution in [3.63, 3.8) is 0 Å². The quantitative estimate of drug-likeness (QED) is 0.307. The fourth-order valence-corrected chi connectivity index (χ4v) is 5.73. The molecule has 1 saturated carbocycles. The van der Waals surface area contributed by atoms with Crippen LogP contribution < -0.4 is 9.47 Å². The molecular weight excluding hydrogens is 414 g/mol. The van der Waals surface area contributed by atoms with Gasteiger partial charge >= 0.3 is 0 Å². The van der Waals surface area contributed by atoms with Crippen molar-refractivity contribution >= 4 is 31.5 Å². The maximum atomic E-state index is 15.2. The lowest BCUT2D eigenvalue weighted by Gasteiger charge is -2.27. The van der Waals surface area contributed by atoms with Crippen LogP contribution in [0.2, 0.25) is 0 Å². The van der Waals surface area contributed by atoms with Crippen LogP contribution in [0.25, 0.3) is 20.2 Å². The van der Waals surface area contributed by atoms with Gasteiger partial charge in [-0.15, -0.1) is 11.3 Å². The first-order valence-electron chi connectivity index (χ1n) is 11.7. The summed E-state index contributed by atoms with van der Waals surface area (Å²) < 4.78 is 42.7. The molecule has 0 aliphatic heterocycles. The van der Waals surface area contributed by atoms with Crippen molar-refractivity contribution in [2.45, 2.75) is 65.2 Å². The molecule has 0 radical (unpaired) electrons. The summed E-state index contributed by atoms with van der Waals surface area (Å²) in [6.45, 7) is 5.41. The standard InChI is InChI=1S/C26H32F2O2S/c1-3-5-6-15-29-21-13-11-19-20-12-14-22(24(28)26(20)31-25(19)23(21)27)30-16-18-9-7-17(4-2)8-10-18/h11-14,17-18H,3-10,15-16H2,1-2H3.